The van der Waals surface area contributed by atoms with Crippen molar-refractivity contribution in [3.63, 3.8) is 0 Å². The van der Waals surface area contributed by atoms with Crippen LogP contribution in [0.5, 0.6) is 0 Å². The van der Waals surface area contributed by atoms with Crippen molar-refractivity contribution in [3.8, 4) is 0 Å². The minimum atomic E-state index is -0.241. The highest BCUT2D eigenvalue weighted by Crippen LogP contribution is 2.26. The zero-order chi connectivity index (χ0) is 14.5. The molecule has 1 aliphatic rings. The van der Waals surface area contributed by atoms with Gasteiger partial charge in [-0.1, -0.05) is 18.2 Å². The number of benzene rings is 1. The van der Waals surface area contributed by atoms with Crippen molar-refractivity contribution in [2.75, 3.05) is 6.54 Å². The van der Waals surface area contributed by atoms with Gasteiger partial charge in [0.15, 0.2) is 11.9 Å². The Labute approximate surface area is 118 Å². The Balaban J connectivity index is 2.28. The molecule has 0 saturated carbocycles. The van der Waals surface area contributed by atoms with Crippen molar-refractivity contribution in [3.05, 3.63) is 34.9 Å². The number of aryl methyl sites for hydroxylation is 2. The van der Waals surface area contributed by atoms with Crippen LogP contribution in [0.25, 0.3) is 0 Å². The summed E-state index contributed by atoms with van der Waals surface area (Å²) >= 11 is 0. The van der Waals surface area contributed by atoms with Crippen molar-refractivity contribution in [1.82, 2.24) is 0 Å². The third-order valence-corrected chi connectivity index (χ3v) is 3.51. The van der Waals surface area contributed by atoms with E-state index in [1.54, 1.807) is 0 Å². The molecule has 0 saturated heterocycles. The molecular weight excluding hydrogens is 252 g/mol. The number of guanidine groups is 2. The molecule has 0 fully saturated rings. The van der Waals surface area contributed by atoms with E-state index in [1.807, 2.05) is 0 Å². The van der Waals surface area contributed by atoms with Crippen LogP contribution in [0.3, 0.4) is 0 Å². The van der Waals surface area contributed by atoms with Gasteiger partial charge < -0.3 is 22.9 Å². The van der Waals surface area contributed by atoms with E-state index in [-0.39, 0.29) is 18.0 Å². The van der Waals surface area contributed by atoms with E-state index >= 15 is 0 Å². The largest absolute Gasteiger partial charge is 0.370 e. The normalized spacial score (nSPS) is 15.0. The molecule has 0 amide bonds. The van der Waals surface area contributed by atoms with E-state index in [9.17, 15) is 0 Å². The van der Waals surface area contributed by atoms with Gasteiger partial charge in [0.05, 0.1) is 12.6 Å². The molecule has 108 valence electrons. The van der Waals surface area contributed by atoms with Gasteiger partial charge in [0.1, 0.15) is 0 Å². The van der Waals surface area contributed by atoms with Crippen LogP contribution in [-0.2, 0) is 12.8 Å². The summed E-state index contributed by atoms with van der Waals surface area (Å²) in [5.74, 6) is 0.0808. The molecule has 20 heavy (non-hydrogen) atoms. The Morgan fingerprint density at radius 2 is 1.70 bits per heavy atom. The van der Waals surface area contributed by atoms with E-state index < -0.39 is 0 Å². The van der Waals surface area contributed by atoms with Gasteiger partial charge >= 0.3 is 0 Å². The molecule has 1 atom stereocenters. The lowest BCUT2D eigenvalue weighted by atomic mass is 9.89. The number of nitrogens with zero attached hydrogens (tertiary/aromatic N) is 2. The lowest BCUT2D eigenvalue weighted by Crippen LogP contribution is -2.26. The van der Waals surface area contributed by atoms with Crippen LogP contribution >= 0.6 is 0 Å². The second kappa shape index (κ2) is 6.27. The van der Waals surface area contributed by atoms with Gasteiger partial charge in [0, 0.05) is 0 Å². The molecule has 2 rings (SSSR count). The second-order valence-corrected chi connectivity index (χ2v) is 5.07. The summed E-state index contributed by atoms with van der Waals surface area (Å²) in [6.45, 7) is 0.346. The predicted molar refractivity (Wildman–Crippen MR) is 82.3 cm³/mol. The zero-order valence-electron chi connectivity index (χ0n) is 11.5. The second-order valence-electron chi connectivity index (χ2n) is 5.07. The third-order valence-electron chi connectivity index (χ3n) is 3.51. The molecule has 0 aliphatic heterocycles. The van der Waals surface area contributed by atoms with Gasteiger partial charge in [-0.05, 0) is 42.4 Å². The van der Waals surface area contributed by atoms with Crippen LogP contribution in [0.1, 0.15) is 35.6 Å². The van der Waals surface area contributed by atoms with Crippen molar-refractivity contribution in [2.45, 2.75) is 31.7 Å². The maximum atomic E-state index is 5.49. The topological polar surface area (TPSA) is 129 Å². The fourth-order valence-electron chi connectivity index (χ4n) is 2.55. The number of hydrogen-bond donors (Lipinski definition) is 4. The van der Waals surface area contributed by atoms with Gasteiger partial charge in [0.25, 0.3) is 0 Å². The first-order chi connectivity index (χ1) is 9.56. The molecule has 0 spiro atoms. The number of aliphatic imine (C=N–C) groups is 2. The summed E-state index contributed by atoms with van der Waals surface area (Å²) in [5, 5.41) is 0. The van der Waals surface area contributed by atoms with Crippen molar-refractivity contribution < 1.29 is 0 Å². The molecule has 6 nitrogen and oxygen atoms in total. The number of fused-ring (bicyclic) bond motifs is 1. The van der Waals surface area contributed by atoms with E-state index in [0.717, 1.165) is 18.4 Å². The van der Waals surface area contributed by atoms with E-state index in [4.69, 9.17) is 22.9 Å². The van der Waals surface area contributed by atoms with Gasteiger partial charge in [-0.2, -0.15) is 0 Å². The summed E-state index contributed by atoms with van der Waals surface area (Å²) in [7, 11) is 0. The van der Waals surface area contributed by atoms with E-state index in [2.05, 4.69) is 28.2 Å². The Morgan fingerprint density at radius 1 is 1.00 bits per heavy atom. The highest BCUT2D eigenvalue weighted by Gasteiger charge is 2.15. The summed E-state index contributed by atoms with van der Waals surface area (Å²) < 4.78 is 0. The zero-order valence-corrected chi connectivity index (χ0v) is 11.5. The predicted octanol–water partition coefficient (Wildman–Crippen LogP) is 0.153. The molecule has 0 aromatic heterocycles. The Hall–Kier alpha value is -2.24. The van der Waals surface area contributed by atoms with Gasteiger partial charge in [-0.25, -0.2) is 4.99 Å². The summed E-state index contributed by atoms with van der Waals surface area (Å²) in [4.78, 5) is 8.24. The third kappa shape index (κ3) is 3.63. The van der Waals surface area contributed by atoms with Crippen LogP contribution in [0.2, 0.25) is 0 Å². The lowest BCUT2D eigenvalue weighted by Gasteiger charge is -2.19. The molecule has 1 aliphatic carbocycles. The molecule has 6 heteroatoms. The van der Waals surface area contributed by atoms with Crippen LogP contribution in [0, 0.1) is 0 Å². The van der Waals surface area contributed by atoms with Crippen LogP contribution in [0.15, 0.2) is 28.2 Å². The average molecular weight is 274 g/mol. The Bertz CT molecular complexity index is 526. The van der Waals surface area contributed by atoms with Crippen molar-refractivity contribution in [1.29, 1.82) is 0 Å². The number of rotatable bonds is 4. The van der Waals surface area contributed by atoms with Gasteiger partial charge in [-0.15, -0.1) is 0 Å². The maximum absolute atomic E-state index is 5.49. The first-order valence-corrected chi connectivity index (χ1v) is 6.82. The Kier molecular flexibility index (Phi) is 4.45. The molecule has 1 aromatic carbocycles. The first-order valence-electron chi connectivity index (χ1n) is 6.82. The monoisotopic (exact) mass is 274 g/mol. The first kappa shape index (κ1) is 14.2. The van der Waals surface area contributed by atoms with Gasteiger partial charge in [-0.3, -0.25) is 4.99 Å². The van der Waals surface area contributed by atoms with Crippen LogP contribution < -0.4 is 22.9 Å². The molecular formula is C14H22N6. The summed E-state index contributed by atoms with van der Waals surface area (Å²) in [6.07, 6.45) is 4.76. The fraction of sp³-hybridized carbons (Fsp3) is 0.429. The average Bonchev–Trinajstić information content (AvgIpc) is 2.42. The molecule has 0 heterocycles. The quantitative estimate of drug-likeness (QED) is 0.460. The molecule has 1 unspecified atom stereocenters. The van der Waals surface area contributed by atoms with Crippen LogP contribution in [-0.4, -0.2) is 18.5 Å². The molecule has 0 bridgehead atoms. The fourth-order valence-corrected chi connectivity index (χ4v) is 2.55. The highest BCUT2D eigenvalue weighted by molar-refractivity contribution is 5.76. The number of hydrogen-bond acceptors (Lipinski definition) is 2. The summed E-state index contributed by atoms with van der Waals surface area (Å²) in [5.41, 5.74) is 25.6. The maximum Gasteiger partial charge on any atom is 0.186 e. The SMILES string of the molecule is NC(N)=NCC(N=C(N)N)c1ccc2c(c1)CCCC2. The molecule has 1 aromatic rings. The standard InChI is InChI=1S/C14H22N6/c15-13(16)19-8-12(20-14(17)18)11-6-5-9-3-1-2-4-10(9)7-11/h5-7,12H,1-4,8H2,(H4,15,16,19)(H4,17,18,20). The minimum Gasteiger partial charge on any atom is -0.370 e. The van der Waals surface area contributed by atoms with Crippen molar-refractivity contribution >= 4 is 11.9 Å². The highest BCUT2D eigenvalue weighted by atomic mass is 15.0. The smallest absolute Gasteiger partial charge is 0.186 e. The molecule has 0 radical (unpaired) electrons. The summed E-state index contributed by atoms with van der Waals surface area (Å²) in [6, 6.07) is 6.15. The lowest BCUT2D eigenvalue weighted by molar-refractivity contribution is 0.677. The van der Waals surface area contributed by atoms with E-state index in [0.29, 0.717) is 6.54 Å². The number of nitrogens with two attached hydrogens (primary N) is 4. The van der Waals surface area contributed by atoms with Gasteiger partial charge in [0.2, 0.25) is 0 Å². The minimum absolute atomic E-state index is 0.0403. The van der Waals surface area contributed by atoms with Crippen LogP contribution in [0.4, 0.5) is 0 Å². The van der Waals surface area contributed by atoms with E-state index in [1.165, 1.54) is 24.0 Å². The molecule has 8 N–H and O–H groups in total. The van der Waals surface area contributed by atoms with Crippen molar-refractivity contribution in [2.24, 2.45) is 32.9 Å². The Morgan fingerprint density at radius 3 is 2.35 bits per heavy atom.